The number of amides is 2. The van der Waals surface area contributed by atoms with Crippen molar-refractivity contribution in [3.05, 3.63) is 53.5 Å². The molecule has 1 aromatic carbocycles. The Morgan fingerprint density at radius 1 is 1.22 bits per heavy atom. The van der Waals surface area contributed by atoms with Crippen molar-refractivity contribution >= 4 is 28.7 Å². The third kappa shape index (κ3) is 3.55. The Bertz CT molecular complexity index is 1180. The lowest BCUT2D eigenvalue weighted by Crippen LogP contribution is -2.30. The van der Waals surface area contributed by atoms with E-state index in [-0.39, 0.29) is 17.9 Å². The molecule has 2 aromatic heterocycles. The van der Waals surface area contributed by atoms with Gasteiger partial charge in [0.1, 0.15) is 11.3 Å². The van der Waals surface area contributed by atoms with Crippen LogP contribution in [0.3, 0.4) is 0 Å². The molecule has 2 amide bonds. The van der Waals surface area contributed by atoms with Gasteiger partial charge < -0.3 is 14.4 Å². The van der Waals surface area contributed by atoms with E-state index in [2.05, 4.69) is 16.5 Å². The highest BCUT2D eigenvalue weighted by Gasteiger charge is 2.31. The van der Waals surface area contributed by atoms with Gasteiger partial charge in [0.15, 0.2) is 5.65 Å². The molecule has 2 saturated heterocycles. The number of aryl methyl sites for hydroxylation is 2. The topological polar surface area (TPSA) is 71.3 Å². The van der Waals surface area contributed by atoms with Crippen molar-refractivity contribution in [1.29, 1.82) is 0 Å². The highest BCUT2D eigenvalue weighted by Crippen LogP contribution is 2.31. The van der Waals surface area contributed by atoms with E-state index >= 15 is 0 Å². The molecule has 1 atom stereocenters. The molecule has 0 aliphatic carbocycles. The molecule has 32 heavy (non-hydrogen) atoms. The summed E-state index contributed by atoms with van der Waals surface area (Å²) < 4.78 is 2.25. The van der Waals surface area contributed by atoms with Crippen molar-refractivity contribution in [1.82, 2.24) is 19.4 Å². The standard InChI is InChI=1S/C25H29N5O2/c1-3-6-22-27-20-7-4-12-26-24(20)30(22)19-11-14-28(16-19)25(32)18-10-9-17(2)21(15-18)29-13-5-8-23(29)31/h4,7,9-10,12,15,19H,3,5-6,8,11,13-14,16H2,1-2H3/t19-/m1/s1. The molecule has 7 nitrogen and oxygen atoms in total. The molecule has 0 unspecified atom stereocenters. The number of imidazole rings is 1. The van der Waals surface area contributed by atoms with E-state index in [0.717, 1.165) is 60.5 Å². The molecule has 2 aliphatic rings. The molecule has 166 valence electrons. The Hall–Kier alpha value is -3.22. The average molecular weight is 432 g/mol. The van der Waals surface area contributed by atoms with Crippen molar-refractivity contribution < 1.29 is 9.59 Å². The van der Waals surface area contributed by atoms with E-state index in [1.807, 2.05) is 53.3 Å². The van der Waals surface area contributed by atoms with Gasteiger partial charge in [0.05, 0.1) is 6.04 Å². The predicted molar refractivity (Wildman–Crippen MR) is 124 cm³/mol. The van der Waals surface area contributed by atoms with Crippen molar-refractivity contribution in [2.75, 3.05) is 24.5 Å². The van der Waals surface area contributed by atoms with Gasteiger partial charge in [-0.3, -0.25) is 9.59 Å². The highest BCUT2D eigenvalue weighted by atomic mass is 16.2. The van der Waals surface area contributed by atoms with Crippen LogP contribution in [0.15, 0.2) is 36.5 Å². The minimum atomic E-state index is 0.0230. The van der Waals surface area contributed by atoms with Gasteiger partial charge in [0, 0.05) is 49.9 Å². The molecule has 0 spiro atoms. The SMILES string of the molecule is CCCc1nc2cccnc2n1[C@@H]1CCN(C(=O)c2ccc(C)c(N3CCCC3=O)c2)C1. The molecule has 7 heteroatoms. The Balaban J connectivity index is 1.40. The first-order valence-corrected chi connectivity index (χ1v) is 11.6. The monoisotopic (exact) mass is 431 g/mol. The summed E-state index contributed by atoms with van der Waals surface area (Å²) in [5.41, 5.74) is 4.35. The van der Waals surface area contributed by atoms with E-state index in [9.17, 15) is 9.59 Å². The number of carbonyl (C=O) groups is 2. The summed E-state index contributed by atoms with van der Waals surface area (Å²) in [6, 6.07) is 9.82. The second-order valence-corrected chi connectivity index (χ2v) is 8.84. The van der Waals surface area contributed by atoms with Crippen molar-refractivity contribution in [3.63, 3.8) is 0 Å². The second kappa shape index (κ2) is 8.37. The Kier molecular flexibility index (Phi) is 5.41. The van der Waals surface area contributed by atoms with Crippen molar-refractivity contribution in [2.24, 2.45) is 0 Å². The van der Waals surface area contributed by atoms with Gasteiger partial charge in [-0.1, -0.05) is 13.0 Å². The fraction of sp³-hybridized carbons (Fsp3) is 0.440. The largest absolute Gasteiger partial charge is 0.336 e. The fourth-order valence-electron chi connectivity index (χ4n) is 5.02. The highest BCUT2D eigenvalue weighted by molar-refractivity contribution is 5.99. The molecule has 0 bridgehead atoms. The Labute approximate surface area is 188 Å². The predicted octanol–water partition coefficient (Wildman–Crippen LogP) is 3.91. The smallest absolute Gasteiger partial charge is 0.254 e. The number of hydrogen-bond acceptors (Lipinski definition) is 4. The molecule has 5 rings (SSSR count). The van der Waals surface area contributed by atoms with Gasteiger partial charge in [-0.25, -0.2) is 9.97 Å². The summed E-state index contributed by atoms with van der Waals surface area (Å²) in [5.74, 6) is 1.21. The van der Waals surface area contributed by atoms with Crippen LogP contribution in [0, 0.1) is 6.92 Å². The van der Waals surface area contributed by atoms with E-state index in [0.29, 0.717) is 25.1 Å². The minimum Gasteiger partial charge on any atom is -0.336 e. The van der Waals surface area contributed by atoms with Crippen molar-refractivity contribution in [3.8, 4) is 0 Å². The average Bonchev–Trinajstić information content (AvgIpc) is 3.52. The van der Waals surface area contributed by atoms with Crippen molar-refractivity contribution in [2.45, 2.75) is 52.0 Å². The van der Waals surface area contributed by atoms with Crippen LogP contribution in [0.25, 0.3) is 11.2 Å². The van der Waals surface area contributed by atoms with E-state index in [1.54, 1.807) is 0 Å². The van der Waals surface area contributed by atoms with Gasteiger partial charge in [-0.15, -0.1) is 0 Å². The zero-order valence-electron chi connectivity index (χ0n) is 18.8. The maximum absolute atomic E-state index is 13.4. The first-order chi connectivity index (χ1) is 15.6. The summed E-state index contributed by atoms with van der Waals surface area (Å²) in [5, 5.41) is 0. The normalized spacial score (nSPS) is 18.8. The zero-order valence-corrected chi connectivity index (χ0v) is 18.8. The Morgan fingerprint density at radius 2 is 2.09 bits per heavy atom. The molecule has 3 aromatic rings. The van der Waals surface area contributed by atoms with Gasteiger partial charge >= 0.3 is 0 Å². The Morgan fingerprint density at radius 3 is 2.88 bits per heavy atom. The lowest BCUT2D eigenvalue weighted by molar-refractivity contribution is -0.117. The van der Waals surface area contributed by atoms with Crippen LogP contribution >= 0.6 is 0 Å². The lowest BCUT2D eigenvalue weighted by Gasteiger charge is -2.22. The van der Waals surface area contributed by atoms with Crippen LogP contribution in [0.5, 0.6) is 0 Å². The molecular weight excluding hydrogens is 402 g/mol. The number of nitrogens with zero attached hydrogens (tertiary/aromatic N) is 5. The van der Waals surface area contributed by atoms with Gasteiger partial charge in [0.25, 0.3) is 5.91 Å². The first-order valence-electron chi connectivity index (χ1n) is 11.6. The van der Waals surface area contributed by atoms with Crippen LogP contribution in [-0.4, -0.2) is 50.9 Å². The minimum absolute atomic E-state index is 0.0230. The molecule has 2 aliphatic heterocycles. The first kappa shape index (κ1) is 20.7. The molecular formula is C25H29N5O2. The zero-order chi connectivity index (χ0) is 22.2. The summed E-state index contributed by atoms with van der Waals surface area (Å²) >= 11 is 0. The maximum atomic E-state index is 13.4. The third-order valence-corrected chi connectivity index (χ3v) is 6.63. The molecule has 0 N–H and O–H groups in total. The van der Waals surface area contributed by atoms with Gasteiger partial charge in [-0.05, 0) is 56.0 Å². The number of likely N-dealkylation sites (tertiary alicyclic amines) is 1. The number of anilines is 1. The quantitative estimate of drug-likeness (QED) is 0.614. The second-order valence-electron chi connectivity index (χ2n) is 8.84. The molecule has 2 fully saturated rings. The van der Waals surface area contributed by atoms with Gasteiger partial charge in [-0.2, -0.15) is 0 Å². The van der Waals surface area contributed by atoms with E-state index in [4.69, 9.17) is 4.98 Å². The molecule has 4 heterocycles. The summed E-state index contributed by atoms with van der Waals surface area (Å²) in [6.07, 6.45) is 6.05. The van der Waals surface area contributed by atoms with Crippen LogP contribution in [0.2, 0.25) is 0 Å². The fourth-order valence-corrected chi connectivity index (χ4v) is 5.02. The van der Waals surface area contributed by atoms with Crippen LogP contribution in [0.4, 0.5) is 5.69 Å². The maximum Gasteiger partial charge on any atom is 0.254 e. The third-order valence-electron chi connectivity index (χ3n) is 6.63. The van der Waals surface area contributed by atoms with Crippen LogP contribution in [-0.2, 0) is 11.2 Å². The van der Waals surface area contributed by atoms with E-state index < -0.39 is 0 Å². The summed E-state index contributed by atoms with van der Waals surface area (Å²) in [4.78, 5) is 38.8. The number of hydrogen-bond donors (Lipinski definition) is 0. The van der Waals surface area contributed by atoms with Crippen LogP contribution < -0.4 is 4.90 Å². The lowest BCUT2D eigenvalue weighted by atomic mass is 10.1. The number of rotatable bonds is 5. The summed E-state index contributed by atoms with van der Waals surface area (Å²) in [6.45, 7) is 6.22. The number of fused-ring (bicyclic) bond motifs is 1. The van der Waals surface area contributed by atoms with Gasteiger partial charge in [0.2, 0.25) is 5.91 Å². The molecule has 0 saturated carbocycles. The summed E-state index contributed by atoms with van der Waals surface area (Å²) in [7, 11) is 0. The van der Waals surface area contributed by atoms with E-state index in [1.165, 1.54) is 0 Å². The number of aromatic nitrogens is 3. The number of carbonyl (C=O) groups excluding carboxylic acids is 2. The number of benzene rings is 1. The molecule has 0 radical (unpaired) electrons. The van der Waals surface area contributed by atoms with Crippen LogP contribution in [0.1, 0.15) is 60.4 Å². The number of pyridine rings is 1.